The molecule has 2 aromatic rings. The fourth-order valence-electron chi connectivity index (χ4n) is 3.86. The van der Waals surface area contributed by atoms with Crippen LogP contribution in [0.3, 0.4) is 0 Å². The summed E-state index contributed by atoms with van der Waals surface area (Å²) >= 11 is 0. The summed E-state index contributed by atoms with van der Waals surface area (Å²) in [6.07, 6.45) is 16.5. The van der Waals surface area contributed by atoms with Gasteiger partial charge >= 0.3 is 0 Å². The van der Waals surface area contributed by atoms with Crippen LogP contribution in [0.5, 0.6) is 0 Å². The number of hydrogen-bond acceptors (Lipinski definition) is 2. The molecule has 0 saturated heterocycles. The summed E-state index contributed by atoms with van der Waals surface area (Å²) in [4.78, 5) is 0.0273. The van der Waals surface area contributed by atoms with Crippen molar-refractivity contribution in [3.8, 4) is 0 Å². The number of hydrogen-bond donors (Lipinski definition) is 1. The molecule has 0 aromatic heterocycles. The van der Waals surface area contributed by atoms with Gasteiger partial charge in [-0.3, -0.25) is 4.55 Å². The molecule has 0 spiro atoms. The molecule has 3 nitrogen and oxygen atoms in total. The lowest BCUT2D eigenvalue weighted by Gasteiger charge is -2.09. The summed E-state index contributed by atoms with van der Waals surface area (Å²) in [5, 5.41) is 1.45. The molecule has 0 fully saturated rings. The second-order valence-corrected chi connectivity index (χ2v) is 9.32. The van der Waals surface area contributed by atoms with Gasteiger partial charge in [-0.1, -0.05) is 108 Å². The molecule has 0 saturated carbocycles. The van der Waals surface area contributed by atoms with Crippen LogP contribution in [0.25, 0.3) is 10.8 Å². The summed E-state index contributed by atoms with van der Waals surface area (Å²) < 4.78 is 33.0. The first-order valence-corrected chi connectivity index (χ1v) is 12.5. The fourth-order valence-corrected chi connectivity index (χ4v) is 4.63. The number of fused-ring (bicyclic) bond motifs is 1. The third-order valence-electron chi connectivity index (χ3n) is 5.48. The van der Waals surface area contributed by atoms with E-state index in [2.05, 4.69) is 6.92 Å². The molecule has 0 aliphatic rings. The van der Waals surface area contributed by atoms with E-state index in [1.54, 1.807) is 18.2 Å². The highest BCUT2D eigenvalue weighted by Gasteiger charge is 2.15. The maximum atomic E-state index is 11.7. The maximum absolute atomic E-state index is 11.7. The largest absolute Gasteiger partial charge is 0.295 e. The van der Waals surface area contributed by atoms with E-state index in [1.165, 1.54) is 70.6 Å². The Balaban J connectivity index is 1.69. The van der Waals surface area contributed by atoms with Crippen molar-refractivity contribution < 1.29 is 13.0 Å². The molecule has 0 radical (unpaired) electrons. The molecular formula is C24H36O3S. The summed E-state index contributed by atoms with van der Waals surface area (Å²) in [6, 6.07) is 11.0. The van der Waals surface area contributed by atoms with Crippen LogP contribution < -0.4 is 0 Å². The van der Waals surface area contributed by atoms with Gasteiger partial charge in [0, 0.05) is 5.39 Å². The molecule has 0 amide bonds. The van der Waals surface area contributed by atoms with Crippen LogP contribution >= 0.6 is 0 Å². The summed E-state index contributed by atoms with van der Waals surface area (Å²) in [5.74, 6) is 0. The van der Waals surface area contributed by atoms with Gasteiger partial charge in [-0.15, -0.1) is 0 Å². The van der Waals surface area contributed by atoms with Crippen LogP contribution in [0.15, 0.2) is 41.3 Å². The molecule has 0 heterocycles. The van der Waals surface area contributed by atoms with E-state index >= 15 is 0 Å². The van der Waals surface area contributed by atoms with Crippen molar-refractivity contribution in [2.75, 3.05) is 0 Å². The standard InChI is InChI=1S/C24H36O3S/c1-2-3-4-5-6-7-8-9-10-11-12-13-16-21-19-22-17-14-15-18-23(22)24(20-21)28(25,26)27/h14-15,17-20H,2-13,16H2,1H3,(H,25,26,27). The molecule has 28 heavy (non-hydrogen) atoms. The van der Waals surface area contributed by atoms with E-state index in [-0.39, 0.29) is 4.90 Å². The molecular weight excluding hydrogens is 368 g/mol. The maximum Gasteiger partial charge on any atom is 0.295 e. The molecule has 0 unspecified atom stereocenters. The molecule has 4 heteroatoms. The Morgan fingerprint density at radius 2 is 1.29 bits per heavy atom. The highest BCUT2D eigenvalue weighted by Crippen LogP contribution is 2.26. The molecule has 0 atom stereocenters. The van der Waals surface area contributed by atoms with Crippen molar-refractivity contribution in [1.82, 2.24) is 0 Å². The van der Waals surface area contributed by atoms with E-state index in [1.807, 2.05) is 18.2 Å². The van der Waals surface area contributed by atoms with Gasteiger partial charge in [-0.05, 0) is 29.9 Å². The van der Waals surface area contributed by atoms with Gasteiger partial charge in [-0.2, -0.15) is 8.42 Å². The number of aryl methyl sites for hydroxylation is 1. The van der Waals surface area contributed by atoms with E-state index in [9.17, 15) is 13.0 Å². The average molecular weight is 405 g/mol. The Labute approximate surface area is 171 Å². The van der Waals surface area contributed by atoms with Crippen molar-refractivity contribution in [2.24, 2.45) is 0 Å². The van der Waals surface area contributed by atoms with Gasteiger partial charge in [0.2, 0.25) is 0 Å². The molecule has 2 rings (SSSR count). The minimum Gasteiger partial charge on any atom is -0.282 e. The molecule has 2 aromatic carbocycles. The van der Waals surface area contributed by atoms with Gasteiger partial charge in [0.05, 0.1) is 0 Å². The molecule has 0 bridgehead atoms. The van der Waals surface area contributed by atoms with Gasteiger partial charge < -0.3 is 0 Å². The Morgan fingerprint density at radius 3 is 1.86 bits per heavy atom. The first-order chi connectivity index (χ1) is 13.5. The first kappa shape index (κ1) is 22.9. The molecule has 0 aliphatic heterocycles. The Bertz CT molecular complexity index is 812. The van der Waals surface area contributed by atoms with Gasteiger partial charge in [0.15, 0.2) is 0 Å². The highest BCUT2D eigenvalue weighted by molar-refractivity contribution is 7.86. The van der Waals surface area contributed by atoms with E-state index in [4.69, 9.17) is 0 Å². The smallest absolute Gasteiger partial charge is 0.282 e. The van der Waals surface area contributed by atoms with Crippen molar-refractivity contribution >= 4 is 20.9 Å². The second kappa shape index (κ2) is 12.2. The third-order valence-corrected chi connectivity index (χ3v) is 6.37. The van der Waals surface area contributed by atoms with Crippen molar-refractivity contribution in [3.63, 3.8) is 0 Å². The van der Waals surface area contributed by atoms with Crippen LogP contribution in [0, 0.1) is 0 Å². The SMILES string of the molecule is CCCCCCCCCCCCCCc1cc(S(=O)(=O)O)c2ccccc2c1. The molecule has 156 valence electrons. The minimum atomic E-state index is -4.21. The average Bonchev–Trinajstić information content (AvgIpc) is 2.67. The Hall–Kier alpha value is -1.39. The highest BCUT2D eigenvalue weighted by atomic mass is 32.2. The number of rotatable bonds is 14. The summed E-state index contributed by atoms with van der Waals surface area (Å²) in [5.41, 5.74) is 0.985. The molecule has 1 N–H and O–H groups in total. The van der Waals surface area contributed by atoms with Crippen LogP contribution in [-0.4, -0.2) is 13.0 Å². The number of unbranched alkanes of at least 4 members (excludes halogenated alkanes) is 11. The quantitative estimate of drug-likeness (QED) is 0.265. The van der Waals surface area contributed by atoms with Gasteiger partial charge in [0.1, 0.15) is 4.90 Å². The lowest BCUT2D eigenvalue weighted by atomic mass is 10.0. The normalized spacial score (nSPS) is 11.9. The van der Waals surface area contributed by atoms with Crippen LogP contribution in [0.1, 0.15) is 89.5 Å². The van der Waals surface area contributed by atoms with Crippen LogP contribution in [0.4, 0.5) is 0 Å². The van der Waals surface area contributed by atoms with Crippen molar-refractivity contribution in [3.05, 3.63) is 42.0 Å². The Kier molecular flexibility index (Phi) is 10.0. The summed E-state index contributed by atoms with van der Waals surface area (Å²) in [6.45, 7) is 2.26. The van der Waals surface area contributed by atoms with Gasteiger partial charge in [-0.25, -0.2) is 0 Å². The monoisotopic (exact) mass is 404 g/mol. The fraction of sp³-hybridized carbons (Fsp3) is 0.583. The van der Waals surface area contributed by atoms with Crippen molar-refractivity contribution in [1.29, 1.82) is 0 Å². The van der Waals surface area contributed by atoms with E-state index in [0.717, 1.165) is 23.8 Å². The first-order valence-electron chi connectivity index (χ1n) is 11.0. The lowest BCUT2D eigenvalue weighted by Crippen LogP contribution is -2.01. The lowest BCUT2D eigenvalue weighted by molar-refractivity contribution is 0.484. The predicted molar refractivity (Wildman–Crippen MR) is 119 cm³/mol. The zero-order valence-electron chi connectivity index (χ0n) is 17.3. The zero-order chi connectivity index (χ0) is 20.2. The van der Waals surface area contributed by atoms with Crippen LogP contribution in [-0.2, 0) is 16.5 Å². The topological polar surface area (TPSA) is 54.4 Å². The Morgan fingerprint density at radius 1 is 0.750 bits per heavy atom. The van der Waals surface area contributed by atoms with Crippen molar-refractivity contribution in [2.45, 2.75) is 95.3 Å². The predicted octanol–water partition coefficient (Wildman–Crippen LogP) is 7.33. The second-order valence-electron chi connectivity index (χ2n) is 7.93. The summed E-state index contributed by atoms with van der Waals surface area (Å²) in [7, 11) is -4.21. The zero-order valence-corrected chi connectivity index (χ0v) is 18.1. The third kappa shape index (κ3) is 7.92. The van der Waals surface area contributed by atoms with Crippen LogP contribution in [0.2, 0.25) is 0 Å². The van der Waals surface area contributed by atoms with E-state index < -0.39 is 10.1 Å². The molecule has 0 aliphatic carbocycles. The number of benzene rings is 2. The van der Waals surface area contributed by atoms with E-state index in [0.29, 0.717) is 5.39 Å². The van der Waals surface area contributed by atoms with Gasteiger partial charge in [0.25, 0.3) is 10.1 Å². The minimum absolute atomic E-state index is 0.0273.